The van der Waals surface area contributed by atoms with Gasteiger partial charge >= 0.3 is 31.1 Å². The zero-order valence-corrected chi connectivity index (χ0v) is 30.8. The molecule has 1 aliphatic rings. The molecule has 0 saturated carbocycles. The minimum atomic E-state index is -0.166. The van der Waals surface area contributed by atoms with Gasteiger partial charge in [-0.25, -0.2) is 11.1 Å². The maximum atomic E-state index is 6.31. The summed E-state index contributed by atoms with van der Waals surface area (Å²) >= 11 is 0. The van der Waals surface area contributed by atoms with Crippen molar-refractivity contribution in [1.29, 1.82) is 0 Å². The first kappa shape index (κ1) is 29.3. The van der Waals surface area contributed by atoms with Crippen LogP contribution in [-0.2, 0) is 5.41 Å². The summed E-state index contributed by atoms with van der Waals surface area (Å²) in [5.74, 6) is 0. The molecule has 0 unspecified atom stereocenters. The van der Waals surface area contributed by atoms with Crippen LogP contribution in [0.5, 0.6) is 0 Å². The Morgan fingerprint density at radius 3 is 2.12 bits per heavy atom. The Hall–Kier alpha value is -4.81. The molecule has 0 bridgehead atoms. The first-order valence-electron chi connectivity index (χ1n) is 16.2. The average Bonchev–Trinajstić information content (AvgIpc) is 3.74. The third-order valence-corrected chi connectivity index (χ3v) is 10.2. The first-order chi connectivity index (χ1) is 23.1. The molecule has 0 spiro atoms. The van der Waals surface area contributed by atoms with Crippen molar-refractivity contribution in [3.05, 3.63) is 163 Å². The Balaban J connectivity index is 0.00000314. The minimum absolute atomic E-state index is 0. The van der Waals surface area contributed by atoms with Crippen molar-refractivity contribution in [3.8, 4) is 39.1 Å². The van der Waals surface area contributed by atoms with Crippen molar-refractivity contribution in [2.45, 2.75) is 19.3 Å². The van der Waals surface area contributed by atoms with Crippen LogP contribution in [0.3, 0.4) is 0 Å². The van der Waals surface area contributed by atoms with Gasteiger partial charge in [-0.15, -0.1) is 17.7 Å². The first-order valence-corrected chi connectivity index (χ1v) is 16.2. The largest absolute Gasteiger partial charge is 2.00 e. The summed E-state index contributed by atoms with van der Waals surface area (Å²) in [6.07, 6.45) is 0. The van der Waals surface area contributed by atoms with E-state index in [1.807, 2.05) is 24.3 Å². The average molecular weight is 838 g/mol. The molecule has 2 heterocycles. The molecule has 2 nitrogen and oxygen atoms in total. The molecule has 1 aliphatic carbocycles. The summed E-state index contributed by atoms with van der Waals surface area (Å²) in [6.45, 7) is 4.72. The normalized spacial score (nSPS) is 13.2. The predicted octanol–water partition coefficient (Wildman–Crippen LogP) is 11.9. The molecule has 0 saturated heterocycles. The molecule has 0 aliphatic heterocycles. The van der Waals surface area contributed by atoms with Crippen LogP contribution >= 0.6 is 0 Å². The Morgan fingerprint density at radius 1 is 0.542 bits per heavy atom. The zero-order valence-electron chi connectivity index (χ0n) is 26.6. The quantitative estimate of drug-likeness (QED) is 0.162. The summed E-state index contributed by atoms with van der Waals surface area (Å²) in [4.78, 5) is 0. The van der Waals surface area contributed by atoms with E-state index in [2.05, 4.69) is 146 Å². The van der Waals surface area contributed by atoms with Crippen molar-refractivity contribution < 1.29 is 35.5 Å². The standard InChI is InChI=1S/C45H29NO.U/c1-45(2)37-26-31(30-14-10-13-29(25-30)28-11-4-3-5-12-28)19-21-33(37)34-22-20-32(27-38(34)45)46-39-17-8-6-15-35(39)43-40(46)23-24-42-44(43)36-16-7-9-18-41(36)47-42;/h3-11,14-27H,1-2H3;/q-2;+2. The molecule has 0 fully saturated rings. The van der Waals surface area contributed by atoms with Gasteiger partial charge in [0.25, 0.3) is 0 Å². The number of benzene rings is 7. The van der Waals surface area contributed by atoms with E-state index in [-0.39, 0.29) is 36.5 Å². The van der Waals surface area contributed by atoms with E-state index in [1.54, 1.807) is 0 Å². The fourth-order valence-corrected chi connectivity index (χ4v) is 7.96. The number of fused-ring (bicyclic) bond motifs is 10. The topological polar surface area (TPSA) is 18.1 Å². The molecular weight excluding hydrogens is 809 g/mol. The van der Waals surface area contributed by atoms with Crippen LogP contribution in [-0.4, -0.2) is 4.57 Å². The molecule has 2 aromatic heterocycles. The van der Waals surface area contributed by atoms with Crippen molar-refractivity contribution in [3.63, 3.8) is 0 Å². The SMILES string of the molecule is CC1(C)c2cc(-c3cc[c-]c(-c4[c-]cccc4)c3)ccc2-c2ccc(-n3c4ccccc4c4c5c(ccc43)oc3ccccc35)cc21.[U+2]. The summed E-state index contributed by atoms with van der Waals surface area (Å²) in [6, 6.07) is 56.7. The Labute approximate surface area is 303 Å². The molecule has 0 radical (unpaired) electrons. The summed E-state index contributed by atoms with van der Waals surface area (Å²) in [5.41, 5.74) is 15.1. The van der Waals surface area contributed by atoms with E-state index < -0.39 is 0 Å². The van der Waals surface area contributed by atoms with Crippen LogP contribution in [0.2, 0.25) is 0 Å². The van der Waals surface area contributed by atoms with Gasteiger partial charge in [0, 0.05) is 32.6 Å². The fraction of sp³-hybridized carbons (Fsp3) is 0.0667. The number of furan rings is 1. The number of hydrogen-bond donors (Lipinski definition) is 0. The molecule has 0 atom stereocenters. The van der Waals surface area contributed by atoms with Gasteiger partial charge in [0.05, 0.1) is 11.0 Å². The molecular formula is C45H29NOU. The van der Waals surface area contributed by atoms with E-state index in [1.165, 1.54) is 66.3 Å². The molecule has 0 N–H and O–H groups in total. The summed E-state index contributed by atoms with van der Waals surface area (Å²) in [7, 11) is 0. The Bertz CT molecular complexity index is 2710. The zero-order chi connectivity index (χ0) is 31.3. The maximum absolute atomic E-state index is 6.31. The molecule has 3 heteroatoms. The van der Waals surface area contributed by atoms with Gasteiger partial charge in [-0.2, -0.15) is 42.5 Å². The molecule has 10 rings (SSSR count). The van der Waals surface area contributed by atoms with E-state index in [9.17, 15) is 0 Å². The second-order valence-electron chi connectivity index (χ2n) is 13.2. The van der Waals surface area contributed by atoms with E-state index in [4.69, 9.17) is 4.42 Å². The monoisotopic (exact) mass is 837 g/mol. The van der Waals surface area contributed by atoms with E-state index >= 15 is 0 Å². The van der Waals surface area contributed by atoms with Crippen LogP contribution < -0.4 is 0 Å². The summed E-state index contributed by atoms with van der Waals surface area (Å²) < 4.78 is 8.74. The van der Waals surface area contributed by atoms with Gasteiger partial charge in [0.2, 0.25) is 0 Å². The molecule has 224 valence electrons. The van der Waals surface area contributed by atoms with Crippen molar-refractivity contribution in [1.82, 2.24) is 4.57 Å². The third kappa shape index (κ3) is 4.18. The molecule has 48 heavy (non-hydrogen) atoms. The third-order valence-electron chi connectivity index (χ3n) is 10.2. The maximum Gasteiger partial charge on any atom is 2.00 e. The summed E-state index contributed by atoms with van der Waals surface area (Å²) in [5, 5.41) is 4.81. The van der Waals surface area contributed by atoms with Gasteiger partial charge in [-0.3, -0.25) is 0 Å². The van der Waals surface area contributed by atoms with E-state index in [0.29, 0.717) is 0 Å². The molecule has 7 aromatic carbocycles. The second kappa shape index (κ2) is 10.9. The van der Waals surface area contributed by atoms with Crippen LogP contribution in [0, 0.1) is 43.2 Å². The van der Waals surface area contributed by atoms with Crippen molar-refractivity contribution >= 4 is 43.7 Å². The van der Waals surface area contributed by atoms with Crippen molar-refractivity contribution in [2.24, 2.45) is 0 Å². The number of nitrogens with zero attached hydrogens (tertiary/aromatic N) is 1. The van der Waals surface area contributed by atoms with E-state index in [0.717, 1.165) is 27.7 Å². The fourth-order valence-electron chi connectivity index (χ4n) is 7.96. The van der Waals surface area contributed by atoms with Gasteiger partial charge < -0.3 is 8.98 Å². The second-order valence-corrected chi connectivity index (χ2v) is 13.2. The van der Waals surface area contributed by atoms with Gasteiger partial charge in [0.1, 0.15) is 11.2 Å². The molecule has 9 aromatic rings. The van der Waals surface area contributed by atoms with Gasteiger partial charge in [-0.1, -0.05) is 74.5 Å². The van der Waals surface area contributed by atoms with Gasteiger partial charge in [0.15, 0.2) is 0 Å². The number of hydrogen-bond acceptors (Lipinski definition) is 1. The smallest absolute Gasteiger partial charge is 0.456 e. The Morgan fingerprint density at radius 2 is 1.27 bits per heavy atom. The van der Waals surface area contributed by atoms with Crippen LogP contribution in [0.15, 0.2) is 144 Å². The number of aromatic nitrogens is 1. The Kier molecular flexibility index (Phi) is 6.64. The number of para-hydroxylation sites is 2. The van der Waals surface area contributed by atoms with Crippen LogP contribution in [0.1, 0.15) is 25.0 Å². The van der Waals surface area contributed by atoms with Crippen LogP contribution in [0.4, 0.5) is 0 Å². The molecule has 0 amide bonds. The van der Waals surface area contributed by atoms with Crippen LogP contribution in [0.25, 0.3) is 82.8 Å². The minimum Gasteiger partial charge on any atom is -0.456 e. The van der Waals surface area contributed by atoms with Crippen molar-refractivity contribution in [2.75, 3.05) is 0 Å². The number of rotatable bonds is 3. The van der Waals surface area contributed by atoms with Gasteiger partial charge in [-0.05, 0) is 64.2 Å². The predicted molar refractivity (Wildman–Crippen MR) is 194 cm³/mol.